The number of nitrogens with two attached hydrogens (primary N) is 1. The number of hydrogen-bond acceptors (Lipinski definition) is 5. The lowest BCUT2D eigenvalue weighted by atomic mass is 9.72. The number of rotatable bonds is 3. The molecule has 4 rings (SSSR count). The first-order valence-corrected chi connectivity index (χ1v) is 8.88. The Bertz CT molecular complexity index is 756. The second kappa shape index (κ2) is 6.41. The van der Waals surface area contributed by atoms with E-state index < -0.39 is 6.10 Å². The van der Waals surface area contributed by atoms with Gasteiger partial charge in [0.1, 0.15) is 11.9 Å². The lowest BCUT2D eigenvalue weighted by Gasteiger charge is -2.42. The van der Waals surface area contributed by atoms with E-state index in [0.717, 1.165) is 43.6 Å². The molecule has 1 aromatic heterocycles. The summed E-state index contributed by atoms with van der Waals surface area (Å²) in [5, 5.41) is 11.0. The van der Waals surface area contributed by atoms with Crippen molar-refractivity contribution in [1.29, 1.82) is 0 Å². The first kappa shape index (κ1) is 16.5. The number of aliphatic hydroxyl groups is 1. The Morgan fingerprint density at radius 1 is 1.24 bits per heavy atom. The highest BCUT2D eigenvalue weighted by molar-refractivity contribution is 5.44. The van der Waals surface area contributed by atoms with E-state index >= 15 is 0 Å². The average Bonchev–Trinajstić information content (AvgIpc) is 2.87. The molecule has 1 fully saturated rings. The van der Waals surface area contributed by atoms with Crippen molar-refractivity contribution in [1.82, 2.24) is 9.88 Å². The summed E-state index contributed by atoms with van der Waals surface area (Å²) in [5.41, 5.74) is 9.25. The van der Waals surface area contributed by atoms with E-state index in [1.54, 1.807) is 13.3 Å². The molecule has 5 heteroatoms. The molecule has 1 aliphatic heterocycles. The van der Waals surface area contributed by atoms with Gasteiger partial charge < -0.3 is 15.6 Å². The van der Waals surface area contributed by atoms with Gasteiger partial charge in [-0.15, -0.1) is 0 Å². The second-order valence-electron chi connectivity index (χ2n) is 7.17. The minimum Gasteiger partial charge on any atom is -0.389 e. The van der Waals surface area contributed by atoms with Gasteiger partial charge in [-0.3, -0.25) is 4.90 Å². The number of fused-ring (bicyclic) bond motifs is 2. The molecule has 0 unspecified atom stereocenters. The Morgan fingerprint density at radius 2 is 2.00 bits per heavy atom. The van der Waals surface area contributed by atoms with Crippen molar-refractivity contribution in [3.8, 4) is 0 Å². The topological polar surface area (TPSA) is 71.6 Å². The first-order valence-electron chi connectivity index (χ1n) is 8.88. The maximum atomic E-state index is 11.0. The van der Waals surface area contributed by atoms with Gasteiger partial charge in [-0.2, -0.15) is 0 Å². The Morgan fingerprint density at radius 3 is 2.72 bits per heavy atom. The van der Waals surface area contributed by atoms with Crippen LogP contribution in [0.2, 0.25) is 0 Å². The molecule has 132 valence electrons. The summed E-state index contributed by atoms with van der Waals surface area (Å²) in [6, 6.07) is 12.3. The predicted octanol–water partition coefficient (Wildman–Crippen LogP) is 2.26. The normalized spacial score (nSPS) is 25.2. The molecule has 1 saturated heterocycles. The van der Waals surface area contributed by atoms with Gasteiger partial charge in [0.25, 0.3) is 0 Å². The third-order valence-electron chi connectivity index (χ3n) is 5.98. The van der Waals surface area contributed by atoms with Crippen LogP contribution in [0.25, 0.3) is 0 Å². The largest absolute Gasteiger partial charge is 0.389 e. The Balaban J connectivity index is 1.54. The fraction of sp³-hybridized carbons (Fsp3) is 0.450. The van der Waals surface area contributed by atoms with E-state index in [9.17, 15) is 5.11 Å². The highest BCUT2D eigenvalue weighted by Crippen LogP contribution is 2.52. The van der Waals surface area contributed by atoms with E-state index in [4.69, 9.17) is 10.5 Å². The highest BCUT2D eigenvalue weighted by Gasteiger charge is 2.52. The van der Waals surface area contributed by atoms with Gasteiger partial charge in [0.05, 0.1) is 6.10 Å². The zero-order valence-electron chi connectivity index (χ0n) is 14.6. The molecule has 0 bridgehead atoms. The van der Waals surface area contributed by atoms with Gasteiger partial charge in [0, 0.05) is 30.8 Å². The molecule has 1 spiro atoms. The molecular formula is C20H25N3O2. The van der Waals surface area contributed by atoms with Crippen molar-refractivity contribution < 1.29 is 9.84 Å². The number of pyridine rings is 1. The molecule has 0 amide bonds. The van der Waals surface area contributed by atoms with Crippen molar-refractivity contribution >= 4 is 5.82 Å². The number of benzene rings is 1. The third kappa shape index (κ3) is 2.63. The number of aliphatic hydroxyl groups excluding tert-OH is 1. The van der Waals surface area contributed by atoms with Crippen LogP contribution in [0.5, 0.6) is 0 Å². The number of methoxy groups -OCH3 is 1. The molecule has 0 saturated carbocycles. The van der Waals surface area contributed by atoms with E-state index in [2.05, 4.69) is 28.1 Å². The minimum atomic E-state index is -0.486. The van der Waals surface area contributed by atoms with Crippen LogP contribution < -0.4 is 5.73 Å². The Kier molecular flexibility index (Phi) is 4.23. The number of ether oxygens (including phenoxy) is 1. The van der Waals surface area contributed by atoms with Crippen LogP contribution >= 0.6 is 0 Å². The van der Waals surface area contributed by atoms with Crippen molar-refractivity contribution in [2.75, 3.05) is 25.9 Å². The molecule has 2 heterocycles. The van der Waals surface area contributed by atoms with Gasteiger partial charge in [0.2, 0.25) is 0 Å². The van der Waals surface area contributed by atoms with Gasteiger partial charge in [-0.25, -0.2) is 4.98 Å². The maximum absolute atomic E-state index is 11.0. The van der Waals surface area contributed by atoms with Gasteiger partial charge >= 0.3 is 0 Å². The van der Waals surface area contributed by atoms with Crippen molar-refractivity contribution in [3.05, 3.63) is 59.3 Å². The molecule has 3 N–H and O–H groups in total. The zero-order valence-corrected chi connectivity index (χ0v) is 14.6. The van der Waals surface area contributed by atoms with Crippen LogP contribution in [0.15, 0.2) is 42.6 Å². The maximum Gasteiger partial charge on any atom is 0.127 e. The molecule has 2 aliphatic rings. The SMILES string of the molecule is CO[C@@H]1c2ccccc2C2(CCN(Cc3cccnc3N)CC2)[C@H]1O. The fourth-order valence-electron chi connectivity index (χ4n) is 4.57. The van der Waals surface area contributed by atoms with Crippen LogP contribution in [-0.4, -0.2) is 41.3 Å². The lowest BCUT2D eigenvalue weighted by molar-refractivity contribution is -0.0551. The molecule has 1 aromatic carbocycles. The van der Waals surface area contributed by atoms with Crippen LogP contribution in [0, 0.1) is 0 Å². The summed E-state index contributed by atoms with van der Waals surface area (Å²) in [6.07, 6.45) is 2.86. The van der Waals surface area contributed by atoms with Crippen LogP contribution in [0.3, 0.4) is 0 Å². The molecule has 2 aromatic rings. The summed E-state index contributed by atoms with van der Waals surface area (Å²) in [4.78, 5) is 6.57. The quantitative estimate of drug-likeness (QED) is 0.897. The summed E-state index contributed by atoms with van der Waals surface area (Å²) < 4.78 is 5.63. The third-order valence-corrected chi connectivity index (χ3v) is 5.98. The van der Waals surface area contributed by atoms with Gasteiger partial charge in [0.15, 0.2) is 0 Å². The predicted molar refractivity (Wildman–Crippen MR) is 97.0 cm³/mol. The van der Waals surface area contributed by atoms with Gasteiger partial charge in [-0.05, 0) is 43.1 Å². The van der Waals surface area contributed by atoms with Crippen molar-refractivity contribution in [2.45, 2.75) is 37.0 Å². The summed E-state index contributed by atoms with van der Waals surface area (Å²) >= 11 is 0. The smallest absolute Gasteiger partial charge is 0.127 e. The number of nitrogens with zero attached hydrogens (tertiary/aromatic N) is 2. The molecule has 0 radical (unpaired) electrons. The van der Waals surface area contributed by atoms with E-state index in [1.165, 1.54) is 5.56 Å². The summed E-state index contributed by atoms with van der Waals surface area (Å²) in [7, 11) is 1.68. The van der Waals surface area contributed by atoms with E-state index in [0.29, 0.717) is 5.82 Å². The van der Waals surface area contributed by atoms with E-state index in [-0.39, 0.29) is 11.5 Å². The van der Waals surface area contributed by atoms with Crippen LogP contribution in [0.4, 0.5) is 5.82 Å². The summed E-state index contributed by atoms with van der Waals surface area (Å²) in [5.74, 6) is 0.605. The number of nitrogen functional groups attached to an aromatic ring is 1. The standard InChI is InChI=1S/C20H25N3O2/c1-25-17-15-6-2-3-7-16(15)20(18(17)24)8-11-23(12-9-20)13-14-5-4-10-22-19(14)21/h2-7,10,17-18,24H,8-9,11-13H2,1H3,(H2,21,22)/t17-,18+/m1/s1. The fourth-order valence-corrected chi connectivity index (χ4v) is 4.57. The van der Waals surface area contributed by atoms with Crippen molar-refractivity contribution in [3.63, 3.8) is 0 Å². The van der Waals surface area contributed by atoms with Crippen LogP contribution in [0.1, 0.15) is 35.6 Å². The zero-order chi connectivity index (χ0) is 17.4. The average molecular weight is 339 g/mol. The lowest BCUT2D eigenvalue weighted by Crippen LogP contribution is -2.47. The molecule has 25 heavy (non-hydrogen) atoms. The van der Waals surface area contributed by atoms with Gasteiger partial charge in [-0.1, -0.05) is 30.3 Å². The monoisotopic (exact) mass is 339 g/mol. The number of aromatic nitrogens is 1. The first-order chi connectivity index (χ1) is 12.2. The van der Waals surface area contributed by atoms with E-state index in [1.807, 2.05) is 18.2 Å². The van der Waals surface area contributed by atoms with Crippen molar-refractivity contribution in [2.24, 2.45) is 0 Å². The number of piperidine rings is 1. The number of likely N-dealkylation sites (tertiary alicyclic amines) is 1. The molecule has 1 aliphatic carbocycles. The molecule has 2 atom stereocenters. The second-order valence-corrected chi connectivity index (χ2v) is 7.17. The van der Waals surface area contributed by atoms with Crippen LogP contribution in [-0.2, 0) is 16.7 Å². The minimum absolute atomic E-state index is 0.200. The Labute approximate surface area is 148 Å². The summed E-state index contributed by atoms with van der Waals surface area (Å²) in [6.45, 7) is 2.66. The number of anilines is 1. The Hall–Kier alpha value is -1.95. The molecular weight excluding hydrogens is 314 g/mol. The number of hydrogen-bond donors (Lipinski definition) is 2. The highest BCUT2D eigenvalue weighted by atomic mass is 16.5. The molecule has 5 nitrogen and oxygen atoms in total.